The van der Waals surface area contributed by atoms with Gasteiger partial charge in [-0.1, -0.05) is 6.92 Å². The van der Waals surface area contributed by atoms with Gasteiger partial charge in [0, 0.05) is 18.7 Å². The molecule has 1 atom stereocenters. The molecule has 0 aliphatic heterocycles. The fraction of sp³-hybridized carbons (Fsp3) is 0.500. The Morgan fingerprint density at radius 3 is 3.00 bits per heavy atom. The molecule has 0 radical (unpaired) electrons. The number of anilines is 1. The summed E-state index contributed by atoms with van der Waals surface area (Å²) in [5, 5.41) is 2.75. The quantitative estimate of drug-likeness (QED) is 0.787. The Labute approximate surface area is 101 Å². The van der Waals surface area contributed by atoms with Gasteiger partial charge in [-0.15, -0.1) is 0 Å². The Balaban J connectivity index is 2.64. The van der Waals surface area contributed by atoms with Gasteiger partial charge in [0.15, 0.2) is 0 Å². The van der Waals surface area contributed by atoms with Crippen LogP contribution in [-0.4, -0.2) is 23.5 Å². The standard InChI is InChI=1S/C12H19N3O2/c1-3-9(13)8-11(16)15-10-6-5-7-14-12(10)17-4-2/h5-7,9H,3-4,8,13H2,1-2H3,(H,15,16). The van der Waals surface area contributed by atoms with E-state index in [0.29, 0.717) is 24.6 Å². The predicted octanol–water partition coefficient (Wildman–Crippen LogP) is 1.55. The Bertz CT molecular complexity index is 369. The highest BCUT2D eigenvalue weighted by molar-refractivity contribution is 5.92. The summed E-state index contributed by atoms with van der Waals surface area (Å²) >= 11 is 0. The van der Waals surface area contributed by atoms with Gasteiger partial charge in [-0.25, -0.2) is 4.98 Å². The number of hydrogen-bond donors (Lipinski definition) is 2. The van der Waals surface area contributed by atoms with Crippen molar-refractivity contribution < 1.29 is 9.53 Å². The molecule has 1 rings (SSSR count). The molecule has 0 aliphatic carbocycles. The van der Waals surface area contributed by atoms with Crippen molar-refractivity contribution in [1.82, 2.24) is 4.98 Å². The molecule has 1 amide bonds. The second-order valence-electron chi connectivity index (χ2n) is 3.71. The molecule has 1 unspecified atom stereocenters. The van der Waals surface area contributed by atoms with Crippen LogP contribution in [0, 0.1) is 0 Å². The summed E-state index contributed by atoms with van der Waals surface area (Å²) in [5.74, 6) is 0.321. The molecule has 1 heterocycles. The average Bonchev–Trinajstić information content (AvgIpc) is 2.31. The fourth-order valence-corrected chi connectivity index (χ4v) is 1.32. The predicted molar refractivity (Wildman–Crippen MR) is 66.9 cm³/mol. The van der Waals surface area contributed by atoms with E-state index in [1.807, 2.05) is 13.8 Å². The number of aromatic nitrogens is 1. The van der Waals surface area contributed by atoms with Gasteiger partial charge >= 0.3 is 0 Å². The highest BCUT2D eigenvalue weighted by atomic mass is 16.5. The van der Waals surface area contributed by atoms with Gasteiger partial charge in [0.1, 0.15) is 5.69 Å². The van der Waals surface area contributed by atoms with E-state index in [2.05, 4.69) is 10.3 Å². The Morgan fingerprint density at radius 1 is 1.59 bits per heavy atom. The largest absolute Gasteiger partial charge is 0.476 e. The molecule has 17 heavy (non-hydrogen) atoms. The molecule has 3 N–H and O–H groups in total. The lowest BCUT2D eigenvalue weighted by molar-refractivity contribution is -0.116. The maximum Gasteiger partial charge on any atom is 0.237 e. The molecule has 5 nitrogen and oxygen atoms in total. The van der Waals surface area contributed by atoms with Crippen LogP contribution in [0.4, 0.5) is 5.69 Å². The van der Waals surface area contributed by atoms with E-state index in [9.17, 15) is 4.79 Å². The van der Waals surface area contributed by atoms with Crippen LogP contribution in [0.2, 0.25) is 0 Å². The maximum atomic E-state index is 11.7. The first-order chi connectivity index (χ1) is 8.17. The van der Waals surface area contributed by atoms with Gasteiger partial charge in [-0.3, -0.25) is 4.79 Å². The summed E-state index contributed by atoms with van der Waals surface area (Å²) in [7, 11) is 0. The van der Waals surface area contributed by atoms with Crippen molar-refractivity contribution >= 4 is 11.6 Å². The van der Waals surface area contributed by atoms with Crippen LogP contribution in [0.5, 0.6) is 5.88 Å². The number of nitrogens with two attached hydrogens (primary N) is 1. The molecular weight excluding hydrogens is 218 g/mol. The molecule has 0 fully saturated rings. The third-order valence-corrected chi connectivity index (χ3v) is 2.30. The normalized spacial score (nSPS) is 11.9. The fourth-order valence-electron chi connectivity index (χ4n) is 1.32. The van der Waals surface area contributed by atoms with Crippen LogP contribution in [0.15, 0.2) is 18.3 Å². The van der Waals surface area contributed by atoms with Crippen LogP contribution in [0.25, 0.3) is 0 Å². The molecule has 0 aliphatic rings. The smallest absolute Gasteiger partial charge is 0.237 e. The second-order valence-corrected chi connectivity index (χ2v) is 3.71. The van der Waals surface area contributed by atoms with Gasteiger partial charge < -0.3 is 15.8 Å². The van der Waals surface area contributed by atoms with Crippen LogP contribution in [-0.2, 0) is 4.79 Å². The molecule has 1 aromatic rings. The van der Waals surface area contributed by atoms with E-state index < -0.39 is 0 Å². The van der Waals surface area contributed by atoms with E-state index in [-0.39, 0.29) is 11.9 Å². The molecule has 0 bridgehead atoms. The summed E-state index contributed by atoms with van der Waals surface area (Å²) in [5.41, 5.74) is 6.30. The minimum absolute atomic E-state index is 0.109. The number of pyridine rings is 1. The number of nitrogens with zero attached hydrogens (tertiary/aromatic N) is 1. The van der Waals surface area contributed by atoms with Crippen molar-refractivity contribution in [3.05, 3.63) is 18.3 Å². The van der Waals surface area contributed by atoms with Crippen molar-refractivity contribution in [3.63, 3.8) is 0 Å². The number of ether oxygens (including phenoxy) is 1. The number of carbonyl (C=O) groups is 1. The van der Waals surface area contributed by atoms with Gasteiger partial charge in [-0.2, -0.15) is 0 Å². The van der Waals surface area contributed by atoms with E-state index in [1.165, 1.54) is 0 Å². The summed E-state index contributed by atoms with van der Waals surface area (Å²) < 4.78 is 5.31. The van der Waals surface area contributed by atoms with Crippen LogP contribution in [0.3, 0.4) is 0 Å². The van der Waals surface area contributed by atoms with Crippen LogP contribution >= 0.6 is 0 Å². The van der Waals surface area contributed by atoms with E-state index in [1.54, 1.807) is 18.3 Å². The van der Waals surface area contributed by atoms with E-state index in [4.69, 9.17) is 10.5 Å². The van der Waals surface area contributed by atoms with Crippen molar-refractivity contribution in [2.75, 3.05) is 11.9 Å². The first-order valence-electron chi connectivity index (χ1n) is 5.80. The topological polar surface area (TPSA) is 77.2 Å². The van der Waals surface area contributed by atoms with Crippen LogP contribution in [0.1, 0.15) is 26.7 Å². The lowest BCUT2D eigenvalue weighted by atomic mass is 10.1. The molecule has 1 aromatic heterocycles. The third kappa shape index (κ3) is 4.40. The first kappa shape index (κ1) is 13.4. The van der Waals surface area contributed by atoms with Gasteiger partial charge in [0.2, 0.25) is 11.8 Å². The molecule has 0 aromatic carbocycles. The summed E-state index contributed by atoms with van der Waals surface area (Å²) in [6, 6.07) is 3.40. The lowest BCUT2D eigenvalue weighted by Crippen LogP contribution is -2.26. The first-order valence-corrected chi connectivity index (χ1v) is 5.80. The molecular formula is C12H19N3O2. The number of nitrogens with one attached hydrogen (secondary N) is 1. The molecule has 94 valence electrons. The number of rotatable bonds is 6. The van der Waals surface area contributed by atoms with E-state index in [0.717, 1.165) is 6.42 Å². The minimum atomic E-state index is -0.117. The summed E-state index contributed by atoms with van der Waals surface area (Å²) in [6.45, 7) is 4.33. The van der Waals surface area contributed by atoms with Crippen molar-refractivity contribution in [2.45, 2.75) is 32.7 Å². The summed E-state index contributed by atoms with van der Waals surface area (Å²) in [4.78, 5) is 15.7. The van der Waals surface area contributed by atoms with E-state index >= 15 is 0 Å². The molecule has 0 spiro atoms. The van der Waals surface area contributed by atoms with Crippen molar-refractivity contribution in [1.29, 1.82) is 0 Å². The maximum absolute atomic E-state index is 11.7. The Morgan fingerprint density at radius 2 is 2.35 bits per heavy atom. The summed E-state index contributed by atoms with van der Waals surface area (Å²) in [6.07, 6.45) is 2.70. The van der Waals surface area contributed by atoms with Gasteiger partial charge in [-0.05, 0) is 25.5 Å². The highest BCUT2D eigenvalue weighted by Crippen LogP contribution is 2.20. The third-order valence-electron chi connectivity index (χ3n) is 2.30. The molecule has 5 heteroatoms. The van der Waals surface area contributed by atoms with Gasteiger partial charge in [0.05, 0.1) is 6.61 Å². The van der Waals surface area contributed by atoms with Crippen molar-refractivity contribution in [3.8, 4) is 5.88 Å². The van der Waals surface area contributed by atoms with Gasteiger partial charge in [0.25, 0.3) is 0 Å². The Hall–Kier alpha value is -1.62. The monoisotopic (exact) mass is 237 g/mol. The highest BCUT2D eigenvalue weighted by Gasteiger charge is 2.11. The SMILES string of the molecule is CCOc1ncccc1NC(=O)CC(N)CC. The average molecular weight is 237 g/mol. The lowest BCUT2D eigenvalue weighted by Gasteiger charge is -2.11. The number of amides is 1. The van der Waals surface area contributed by atoms with Crippen molar-refractivity contribution in [2.24, 2.45) is 5.73 Å². The zero-order valence-corrected chi connectivity index (χ0v) is 10.3. The van der Waals surface area contributed by atoms with Crippen LogP contribution < -0.4 is 15.8 Å². The zero-order chi connectivity index (χ0) is 12.7. The second kappa shape index (κ2) is 6.85. The minimum Gasteiger partial charge on any atom is -0.476 e. The molecule has 0 saturated heterocycles. The number of carbonyl (C=O) groups excluding carboxylic acids is 1. The molecule has 0 saturated carbocycles. The number of hydrogen-bond acceptors (Lipinski definition) is 4. The Kier molecular flexibility index (Phi) is 5.42. The zero-order valence-electron chi connectivity index (χ0n) is 10.3.